The number of allylic oxidation sites excluding steroid dienone is 1. The first-order valence-corrected chi connectivity index (χ1v) is 8.84. The van der Waals surface area contributed by atoms with Gasteiger partial charge in [0.15, 0.2) is 0 Å². The van der Waals surface area contributed by atoms with Crippen LogP contribution >= 0.6 is 0 Å². The molecule has 0 spiro atoms. The van der Waals surface area contributed by atoms with Gasteiger partial charge in [-0.3, -0.25) is 9.69 Å². The van der Waals surface area contributed by atoms with Crippen LogP contribution in [0.1, 0.15) is 11.1 Å². The summed E-state index contributed by atoms with van der Waals surface area (Å²) in [7, 11) is 0. The highest BCUT2D eigenvalue weighted by molar-refractivity contribution is 6.14. The second-order valence-electron chi connectivity index (χ2n) is 6.55. The van der Waals surface area contributed by atoms with Crippen LogP contribution < -0.4 is 5.32 Å². The number of carbonyl (C=O) groups is 2. The minimum Gasteiger partial charge on any atom is -0.343 e. The Morgan fingerprint density at radius 1 is 1.07 bits per heavy atom. The number of aromatic nitrogens is 1. The summed E-state index contributed by atoms with van der Waals surface area (Å²) in [6.07, 6.45) is 5.42. The molecule has 0 unspecified atom stereocenters. The largest absolute Gasteiger partial charge is 0.343 e. The van der Waals surface area contributed by atoms with Crippen LogP contribution in [-0.4, -0.2) is 21.4 Å². The lowest BCUT2D eigenvalue weighted by molar-refractivity contribution is -0.123. The van der Waals surface area contributed by atoms with Crippen LogP contribution in [0.25, 0.3) is 17.0 Å². The van der Waals surface area contributed by atoms with Crippen LogP contribution in [0.3, 0.4) is 0 Å². The van der Waals surface area contributed by atoms with Crippen molar-refractivity contribution in [3.63, 3.8) is 0 Å². The summed E-state index contributed by atoms with van der Waals surface area (Å²) in [4.78, 5) is 26.1. The van der Waals surface area contributed by atoms with E-state index >= 15 is 0 Å². The normalized spacial score (nSPS) is 15.5. The van der Waals surface area contributed by atoms with Crippen molar-refractivity contribution in [1.29, 1.82) is 0 Å². The number of rotatable bonds is 5. The summed E-state index contributed by atoms with van der Waals surface area (Å²) in [6.45, 7) is 4.50. The minimum atomic E-state index is -0.490. The highest BCUT2D eigenvalue weighted by Crippen LogP contribution is 2.25. The molecule has 1 saturated heterocycles. The Labute approximate surface area is 161 Å². The molecule has 4 rings (SSSR count). The number of hydrogen-bond donors (Lipinski definition) is 1. The van der Waals surface area contributed by atoms with E-state index in [0.717, 1.165) is 21.4 Å². The quantitative estimate of drug-likeness (QED) is 0.415. The van der Waals surface area contributed by atoms with E-state index in [1.54, 1.807) is 24.3 Å². The number of fused-ring (bicyclic) bond motifs is 1. The van der Waals surface area contributed by atoms with Crippen LogP contribution in [0.15, 0.2) is 73.1 Å². The smallest absolute Gasteiger partial charge is 0.329 e. The number of halogens is 1. The molecule has 0 aliphatic carbocycles. The van der Waals surface area contributed by atoms with E-state index in [9.17, 15) is 14.0 Å². The number of nitrogens with one attached hydrogen (secondary N) is 1. The molecule has 5 nitrogen and oxygen atoms in total. The first-order chi connectivity index (χ1) is 13.6. The third kappa shape index (κ3) is 3.20. The molecule has 0 saturated carbocycles. The number of amides is 3. The topological polar surface area (TPSA) is 54.3 Å². The lowest BCUT2D eigenvalue weighted by Gasteiger charge is -2.11. The van der Waals surface area contributed by atoms with Gasteiger partial charge in [-0.15, -0.1) is 6.58 Å². The standard InChI is InChI=1S/C22H18FN3O2/c1-2-11-25-14-16(18-5-3-4-6-20(18)25)12-19-21(27)26(22(28)24-19)13-15-7-9-17(23)10-8-15/h2-10,12,14H,1,11,13H2,(H,24,28)/b19-12+. The third-order valence-corrected chi connectivity index (χ3v) is 4.66. The summed E-state index contributed by atoms with van der Waals surface area (Å²) >= 11 is 0. The molecule has 0 radical (unpaired) electrons. The summed E-state index contributed by atoms with van der Waals surface area (Å²) in [5.74, 6) is -0.771. The van der Waals surface area contributed by atoms with Crippen LogP contribution in [0.2, 0.25) is 0 Å². The number of hydrogen-bond acceptors (Lipinski definition) is 2. The predicted octanol–water partition coefficient (Wildman–Crippen LogP) is 4.06. The maximum atomic E-state index is 13.1. The molecule has 2 heterocycles. The van der Waals surface area contributed by atoms with Gasteiger partial charge in [-0.2, -0.15) is 0 Å². The molecule has 1 fully saturated rings. The summed E-state index contributed by atoms with van der Waals surface area (Å²) in [5, 5.41) is 3.62. The Kier molecular flexibility index (Phi) is 4.53. The van der Waals surface area contributed by atoms with Gasteiger partial charge in [0.25, 0.3) is 5.91 Å². The van der Waals surface area contributed by atoms with Crippen molar-refractivity contribution in [3.8, 4) is 0 Å². The van der Waals surface area contributed by atoms with Crippen molar-refractivity contribution in [1.82, 2.24) is 14.8 Å². The van der Waals surface area contributed by atoms with Gasteiger partial charge in [0.2, 0.25) is 0 Å². The monoisotopic (exact) mass is 375 g/mol. The zero-order valence-electron chi connectivity index (χ0n) is 15.1. The highest BCUT2D eigenvalue weighted by atomic mass is 19.1. The number of imide groups is 1. The van der Waals surface area contributed by atoms with Gasteiger partial charge < -0.3 is 9.88 Å². The molecule has 28 heavy (non-hydrogen) atoms. The fourth-order valence-corrected chi connectivity index (χ4v) is 3.32. The molecule has 1 aromatic heterocycles. The van der Waals surface area contributed by atoms with Gasteiger partial charge >= 0.3 is 6.03 Å². The van der Waals surface area contributed by atoms with Crippen molar-refractivity contribution in [2.75, 3.05) is 0 Å². The zero-order valence-corrected chi connectivity index (χ0v) is 15.1. The Hall–Kier alpha value is -3.67. The molecule has 1 aliphatic heterocycles. The number of nitrogens with zero attached hydrogens (tertiary/aromatic N) is 2. The third-order valence-electron chi connectivity index (χ3n) is 4.66. The average molecular weight is 375 g/mol. The zero-order chi connectivity index (χ0) is 19.7. The lowest BCUT2D eigenvalue weighted by Crippen LogP contribution is -2.30. The fraction of sp³-hybridized carbons (Fsp3) is 0.0909. The van der Waals surface area contributed by atoms with Gasteiger partial charge in [-0.25, -0.2) is 9.18 Å². The second kappa shape index (κ2) is 7.15. The predicted molar refractivity (Wildman–Crippen MR) is 106 cm³/mol. The van der Waals surface area contributed by atoms with Gasteiger partial charge in [0.1, 0.15) is 11.5 Å². The van der Waals surface area contributed by atoms with E-state index < -0.39 is 11.9 Å². The van der Waals surface area contributed by atoms with Crippen molar-refractivity contribution in [3.05, 3.63) is 90.0 Å². The Balaban J connectivity index is 1.65. The Morgan fingerprint density at radius 2 is 1.82 bits per heavy atom. The fourth-order valence-electron chi connectivity index (χ4n) is 3.32. The molecule has 140 valence electrons. The number of carbonyl (C=O) groups excluding carboxylic acids is 2. The molecule has 3 amide bonds. The van der Waals surface area contributed by atoms with Gasteiger partial charge in [-0.05, 0) is 29.8 Å². The van der Waals surface area contributed by atoms with E-state index in [-0.39, 0.29) is 18.1 Å². The van der Waals surface area contributed by atoms with E-state index in [1.165, 1.54) is 12.1 Å². The second-order valence-corrected chi connectivity index (χ2v) is 6.55. The summed E-state index contributed by atoms with van der Waals surface area (Å²) < 4.78 is 15.1. The maximum Gasteiger partial charge on any atom is 0.329 e. The minimum absolute atomic E-state index is 0.0838. The van der Waals surface area contributed by atoms with Crippen molar-refractivity contribution < 1.29 is 14.0 Å². The Bertz CT molecular complexity index is 1110. The number of urea groups is 1. The molecule has 6 heteroatoms. The maximum absolute atomic E-state index is 13.1. The van der Waals surface area contributed by atoms with Crippen LogP contribution in [-0.2, 0) is 17.9 Å². The van der Waals surface area contributed by atoms with E-state index in [1.807, 2.05) is 35.0 Å². The van der Waals surface area contributed by atoms with E-state index in [4.69, 9.17) is 0 Å². The van der Waals surface area contributed by atoms with Gasteiger partial charge in [-0.1, -0.05) is 36.4 Å². The van der Waals surface area contributed by atoms with Gasteiger partial charge in [0.05, 0.1) is 6.54 Å². The van der Waals surface area contributed by atoms with E-state index in [2.05, 4.69) is 11.9 Å². The van der Waals surface area contributed by atoms with Crippen LogP contribution in [0.4, 0.5) is 9.18 Å². The van der Waals surface area contributed by atoms with Crippen molar-refractivity contribution in [2.24, 2.45) is 0 Å². The van der Waals surface area contributed by atoms with Crippen molar-refractivity contribution in [2.45, 2.75) is 13.1 Å². The molecule has 3 aromatic rings. The average Bonchev–Trinajstić information content (AvgIpc) is 3.17. The Morgan fingerprint density at radius 3 is 2.57 bits per heavy atom. The van der Waals surface area contributed by atoms with E-state index in [0.29, 0.717) is 12.1 Å². The molecule has 0 bridgehead atoms. The molecule has 1 aliphatic rings. The molecule has 1 N–H and O–H groups in total. The van der Waals surface area contributed by atoms with Crippen LogP contribution in [0.5, 0.6) is 0 Å². The number of benzene rings is 2. The van der Waals surface area contributed by atoms with Gasteiger partial charge in [0, 0.05) is 29.2 Å². The van der Waals surface area contributed by atoms with Crippen LogP contribution in [0, 0.1) is 5.82 Å². The number of para-hydroxylation sites is 1. The summed E-state index contributed by atoms with van der Waals surface area (Å²) in [6, 6.07) is 13.1. The molecule has 0 atom stereocenters. The molecular formula is C22H18FN3O2. The molecule has 2 aromatic carbocycles. The summed E-state index contributed by atoms with van der Waals surface area (Å²) in [5.41, 5.74) is 2.75. The highest BCUT2D eigenvalue weighted by Gasteiger charge is 2.33. The lowest BCUT2D eigenvalue weighted by atomic mass is 10.1. The molecular weight excluding hydrogens is 357 g/mol. The SMILES string of the molecule is C=CCn1cc(/C=C2/NC(=O)N(Cc3ccc(F)cc3)C2=O)c2ccccc21. The van der Waals surface area contributed by atoms with Crippen molar-refractivity contribution >= 4 is 28.9 Å². The first kappa shape index (κ1) is 17.7. The first-order valence-electron chi connectivity index (χ1n) is 8.84.